The molecule has 2 atom stereocenters. The van der Waals surface area contributed by atoms with E-state index in [1.165, 1.54) is 16.3 Å². The van der Waals surface area contributed by atoms with Gasteiger partial charge in [0.15, 0.2) is 0 Å². The van der Waals surface area contributed by atoms with E-state index in [1.807, 2.05) is 24.3 Å². The normalized spacial score (nSPS) is 21.5. The molecule has 1 aliphatic carbocycles. The third-order valence-electron chi connectivity index (χ3n) is 6.44. The quantitative estimate of drug-likeness (QED) is 0.449. The second kappa shape index (κ2) is 8.79. The molecule has 1 aliphatic heterocycles. The lowest BCUT2D eigenvalue weighted by atomic mass is 9.77. The van der Waals surface area contributed by atoms with Gasteiger partial charge in [0.25, 0.3) is 5.91 Å². The lowest BCUT2D eigenvalue weighted by Gasteiger charge is -2.29. The van der Waals surface area contributed by atoms with Crippen molar-refractivity contribution in [3.05, 3.63) is 83.4 Å². The average Bonchev–Trinajstić information content (AvgIpc) is 3.24. The molecular formula is C27H25ClN2O2. The number of amides is 1. The molecule has 1 heterocycles. The molecule has 5 rings (SSSR count). The van der Waals surface area contributed by atoms with Gasteiger partial charge in [-0.2, -0.15) is 5.10 Å². The number of alkyl halides is 1. The van der Waals surface area contributed by atoms with Crippen LogP contribution >= 0.6 is 11.6 Å². The fourth-order valence-electron chi connectivity index (χ4n) is 4.90. The average molecular weight is 445 g/mol. The van der Waals surface area contributed by atoms with E-state index >= 15 is 0 Å². The monoisotopic (exact) mass is 444 g/mol. The Balaban J connectivity index is 1.53. The van der Waals surface area contributed by atoms with Crippen molar-refractivity contribution in [3.63, 3.8) is 0 Å². The van der Waals surface area contributed by atoms with Gasteiger partial charge in [-0.25, -0.2) is 5.01 Å². The van der Waals surface area contributed by atoms with Gasteiger partial charge in [-0.1, -0.05) is 48.5 Å². The van der Waals surface area contributed by atoms with Crippen molar-refractivity contribution < 1.29 is 9.53 Å². The van der Waals surface area contributed by atoms with Crippen LogP contribution in [0.1, 0.15) is 36.4 Å². The third kappa shape index (κ3) is 3.80. The van der Waals surface area contributed by atoms with Crippen molar-refractivity contribution in [1.29, 1.82) is 0 Å². The molecule has 3 aromatic carbocycles. The van der Waals surface area contributed by atoms with Crippen LogP contribution in [-0.4, -0.2) is 29.6 Å². The maximum Gasteiger partial charge on any atom is 0.258 e. The minimum absolute atomic E-state index is 0.0835. The van der Waals surface area contributed by atoms with E-state index in [-0.39, 0.29) is 23.7 Å². The lowest BCUT2D eigenvalue weighted by Crippen LogP contribution is -2.32. The first kappa shape index (κ1) is 20.8. The van der Waals surface area contributed by atoms with Crippen LogP contribution in [0.3, 0.4) is 0 Å². The van der Waals surface area contributed by atoms with Gasteiger partial charge in [-0.05, 0) is 71.0 Å². The molecule has 32 heavy (non-hydrogen) atoms. The number of hydrogen-bond acceptors (Lipinski definition) is 3. The van der Waals surface area contributed by atoms with E-state index in [0.29, 0.717) is 0 Å². The van der Waals surface area contributed by atoms with E-state index in [2.05, 4.69) is 48.5 Å². The molecule has 0 aromatic heterocycles. The Bertz CT molecular complexity index is 1220. The van der Waals surface area contributed by atoms with E-state index in [1.54, 1.807) is 12.1 Å². The molecule has 5 heteroatoms. The Morgan fingerprint density at radius 1 is 1.12 bits per heavy atom. The van der Waals surface area contributed by atoms with E-state index < -0.39 is 0 Å². The van der Waals surface area contributed by atoms with Crippen LogP contribution in [0.15, 0.2) is 77.4 Å². The van der Waals surface area contributed by atoms with Gasteiger partial charge in [-0.3, -0.25) is 4.79 Å². The zero-order chi connectivity index (χ0) is 22.1. The van der Waals surface area contributed by atoms with Crippen molar-refractivity contribution in [2.75, 3.05) is 13.0 Å². The summed E-state index contributed by atoms with van der Waals surface area (Å²) in [5.41, 5.74) is 4.44. The highest BCUT2D eigenvalue weighted by Crippen LogP contribution is 2.44. The number of methoxy groups -OCH3 is 1. The van der Waals surface area contributed by atoms with Gasteiger partial charge >= 0.3 is 0 Å². The lowest BCUT2D eigenvalue weighted by molar-refractivity contribution is -0.130. The summed E-state index contributed by atoms with van der Waals surface area (Å²) in [5, 5.41) is 8.89. The fourth-order valence-corrected chi connectivity index (χ4v) is 5.02. The molecule has 0 radical (unpaired) electrons. The number of halogens is 1. The van der Waals surface area contributed by atoms with E-state index in [0.717, 1.165) is 41.9 Å². The van der Waals surface area contributed by atoms with Crippen molar-refractivity contribution in [1.82, 2.24) is 5.01 Å². The summed E-state index contributed by atoms with van der Waals surface area (Å²) in [6.45, 7) is 0. The Labute approximate surface area is 193 Å². The molecule has 1 amide bonds. The van der Waals surface area contributed by atoms with Gasteiger partial charge < -0.3 is 4.74 Å². The van der Waals surface area contributed by atoms with E-state index in [4.69, 9.17) is 21.4 Å². The van der Waals surface area contributed by atoms with Crippen molar-refractivity contribution in [2.24, 2.45) is 11.0 Å². The number of carbonyl (C=O) groups is 1. The predicted molar refractivity (Wildman–Crippen MR) is 130 cm³/mol. The Morgan fingerprint density at radius 3 is 2.66 bits per heavy atom. The molecule has 1 fully saturated rings. The largest absolute Gasteiger partial charge is 0.497 e. The number of allylic oxidation sites excluding steroid dienone is 1. The van der Waals surface area contributed by atoms with Gasteiger partial charge in [0.05, 0.1) is 18.9 Å². The summed E-state index contributed by atoms with van der Waals surface area (Å²) in [5.74, 6) is 0.707. The molecule has 1 saturated carbocycles. The van der Waals surface area contributed by atoms with Crippen LogP contribution in [0.4, 0.5) is 0 Å². The van der Waals surface area contributed by atoms with Crippen LogP contribution in [0.2, 0.25) is 0 Å². The van der Waals surface area contributed by atoms with Crippen LogP contribution in [0.5, 0.6) is 5.75 Å². The Kier molecular flexibility index (Phi) is 5.71. The summed E-state index contributed by atoms with van der Waals surface area (Å²) < 4.78 is 5.31. The number of hydrazone groups is 1. The molecule has 0 bridgehead atoms. The summed E-state index contributed by atoms with van der Waals surface area (Å²) in [6.07, 6.45) is 5.26. The minimum Gasteiger partial charge on any atom is -0.497 e. The van der Waals surface area contributed by atoms with Crippen LogP contribution in [0, 0.1) is 5.92 Å². The SMILES string of the molecule is COc1ccc([C@H]2[C@H]3CCC/C(=C\c4ccc5ccccc5c4)C3=NN2C(=O)CCl)cc1. The molecular weight excluding hydrogens is 420 g/mol. The van der Waals surface area contributed by atoms with Crippen molar-refractivity contribution in [3.8, 4) is 5.75 Å². The first-order chi connectivity index (χ1) is 15.7. The second-order valence-corrected chi connectivity index (χ2v) is 8.62. The summed E-state index contributed by atoms with van der Waals surface area (Å²) in [4.78, 5) is 12.7. The topological polar surface area (TPSA) is 41.9 Å². The molecule has 0 N–H and O–H groups in total. The Morgan fingerprint density at radius 2 is 1.91 bits per heavy atom. The number of ether oxygens (including phenoxy) is 1. The van der Waals surface area contributed by atoms with Crippen LogP contribution in [-0.2, 0) is 4.79 Å². The summed E-state index contributed by atoms with van der Waals surface area (Å²) in [6, 6.07) is 22.7. The smallest absolute Gasteiger partial charge is 0.258 e. The maximum atomic E-state index is 12.7. The maximum absolute atomic E-state index is 12.7. The zero-order valence-electron chi connectivity index (χ0n) is 18.0. The van der Waals surface area contributed by atoms with E-state index in [9.17, 15) is 4.79 Å². The number of hydrogen-bond donors (Lipinski definition) is 0. The predicted octanol–water partition coefficient (Wildman–Crippen LogP) is 6.21. The first-order valence-electron chi connectivity index (χ1n) is 11.0. The minimum atomic E-state index is -0.167. The molecule has 162 valence electrons. The highest BCUT2D eigenvalue weighted by atomic mass is 35.5. The second-order valence-electron chi connectivity index (χ2n) is 8.35. The zero-order valence-corrected chi connectivity index (χ0v) is 18.8. The highest BCUT2D eigenvalue weighted by Gasteiger charge is 2.43. The third-order valence-corrected chi connectivity index (χ3v) is 6.67. The summed E-state index contributed by atoms with van der Waals surface area (Å²) in [7, 11) is 1.65. The van der Waals surface area contributed by atoms with Crippen molar-refractivity contribution in [2.45, 2.75) is 25.3 Å². The number of rotatable bonds is 4. The van der Waals surface area contributed by atoms with Gasteiger partial charge in [-0.15, -0.1) is 11.6 Å². The standard InChI is InChI=1S/C27H25ClN2O2/c1-32-23-13-11-20(12-14-23)27-24-8-4-7-22(26(24)29-30(27)25(31)17-28)16-18-9-10-19-5-2-3-6-21(19)15-18/h2-3,5-6,9-16,24,27H,4,7-8,17H2,1H3/b22-16+/t24-,27-/m0/s1. The Hall–Kier alpha value is -3.11. The number of nitrogens with zero attached hydrogens (tertiary/aromatic N) is 2. The summed E-state index contributed by atoms with van der Waals surface area (Å²) >= 11 is 5.96. The van der Waals surface area contributed by atoms with Gasteiger partial charge in [0.1, 0.15) is 11.6 Å². The molecule has 0 spiro atoms. The molecule has 3 aromatic rings. The number of benzene rings is 3. The first-order valence-corrected chi connectivity index (χ1v) is 11.5. The number of carbonyl (C=O) groups excluding carboxylic acids is 1. The molecule has 4 nitrogen and oxygen atoms in total. The van der Waals surface area contributed by atoms with Crippen LogP contribution in [0.25, 0.3) is 16.8 Å². The van der Waals surface area contributed by atoms with Gasteiger partial charge in [0, 0.05) is 5.92 Å². The van der Waals surface area contributed by atoms with Crippen molar-refractivity contribution >= 4 is 40.1 Å². The molecule has 0 saturated heterocycles. The number of fused-ring (bicyclic) bond motifs is 2. The fraction of sp³-hybridized carbons (Fsp3) is 0.259. The highest BCUT2D eigenvalue weighted by molar-refractivity contribution is 6.27. The molecule has 2 aliphatic rings. The van der Waals surface area contributed by atoms with Gasteiger partial charge in [0.2, 0.25) is 0 Å². The molecule has 0 unspecified atom stereocenters. The van der Waals surface area contributed by atoms with Crippen LogP contribution < -0.4 is 4.74 Å².